The number of nitrogens with zero attached hydrogens (tertiary/aromatic N) is 1. The molecule has 0 aliphatic heterocycles. The van der Waals surface area contributed by atoms with E-state index in [1.54, 1.807) is 42.5 Å². The molecule has 11 heteroatoms. The van der Waals surface area contributed by atoms with Gasteiger partial charge in [-0.2, -0.15) is 0 Å². The molecular weight excluding hydrogens is 532 g/mol. The van der Waals surface area contributed by atoms with Crippen LogP contribution in [0.2, 0.25) is 0 Å². The van der Waals surface area contributed by atoms with E-state index < -0.39 is 35.2 Å². The number of nitrogens with two attached hydrogens (primary N) is 4. The van der Waals surface area contributed by atoms with Crippen LogP contribution in [0, 0.1) is 5.41 Å². The van der Waals surface area contributed by atoms with E-state index in [2.05, 4.69) is 15.6 Å². The van der Waals surface area contributed by atoms with Crippen molar-refractivity contribution in [3.05, 3.63) is 107 Å². The summed E-state index contributed by atoms with van der Waals surface area (Å²) < 4.78 is 0. The molecule has 0 aliphatic carbocycles. The number of hydrogen-bond acceptors (Lipinski definition) is 5. The van der Waals surface area contributed by atoms with Crippen LogP contribution in [-0.4, -0.2) is 42.1 Å². The third-order valence-corrected chi connectivity index (χ3v) is 7.01. The zero-order valence-corrected chi connectivity index (χ0v) is 23.5. The first-order valence-electron chi connectivity index (χ1n) is 13.5. The number of nitrogen functional groups attached to an aromatic ring is 1. The fourth-order valence-electron chi connectivity index (χ4n) is 4.61. The highest BCUT2D eigenvalue weighted by molar-refractivity contribution is 5.96. The molecule has 3 aromatic carbocycles. The van der Waals surface area contributed by atoms with Crippen LogP contribution in [0.25, 0.3) is 0 Å². The molecule has 220 valence electrons. The summed E-state index contributed by atoms with van der Waals surface area (Å²) in [5.74, 6) is -1.81. The highest BCUT2D eigenvalue weighted by atomic mass is 16.2. The number of nitrogens with one attached hydrogen (secondary N) is 3. The Kier molecular flexibility index (Phi) is 10.8. The van der Waals surface area contributed by atoms with Crippen LogP contribution in [0.3, 0.4) is 0 Å². The van der Waals surface area contributed by atoms with E-state index in [0.717, 1.165) is 11.1 Å². The number of carbonyl (C=O) groups excluding carboxylic acids is 3. The lowest BCUT2D eigenvalue weighted by molar-refractivity contribution is -0.133. The first kappa shape index (κ1) is 31.3. The molecule has 42 heavy (non-hydrogen) atoms. The summed E-state index contributed by atoms with van der Waals surface area (Å²) in [6, 6.07) is 23.1. The van der Waals surface area contributed by atoms with Crippen LogP contribution in [-0.2, 0) is 26.2 Å². The Bertz CT molecular complexity index is 1410. The summed E-state index contributed by atoms with van der Waals surface area (Å²) >= 11 is 0. The van der Waals surface area contributed by atoms with E-state index in [9.17, 15) is 14.4 Å². The van der Waals surface area contributed by atoms with Crippen molar-refractivity contribution in [1.82, 2.24) is 10.6 Å². The van der Waals surface area contributed by atoms with Gasteiger partial charge in [0.05, 0.1) is 5.41 Å². The van der Waals surface area contributed by atoms with Gasteiger partial charge in [0.1, 0.15) is 17.9 Å². The number of amides is 3. The van der Waals surface area contributed by atoms with E-state index in [-0.39, 0.29) is 24.8 Å². The predicted molar refractivity (Wildman–Crippen MR) is 163 cm³/mol. The number of primary amides is 1. The van der Waals surface area contributed by atoms with Gasteiger partial charge in [-0.3, -0.25) is 24.8 Å². The summed E-state index contributed by atoms with van der Waals surface area (Å²) in [4.78, 5) is 43.8. The Morgan fingerprint density at radius 1 is 0.857 bits per heavy atom. The summed E-state index contributed by atoms with van der Waals surface area (Å²) in [6.07, 6.45) is 0.923. The van der Waals surface area contributed by atoms with Crippen LogP contribution in [0.4, 0.5) is 0 Å². The molecule has 0 heterocycles. The smallest absolute Gasteiger partial charge is 0.247 e. The maximum Gasteiger partial charge on any atom is 0.247 e. The van der Waals surface area contributed by atoms with E-state index >= 15 is 0 Å². The van der Waals surface area contributed by atoms with Crippen molar-refractivity contribution >= 4 is 29.5 Å². The van der Waals surface area contributed by atoms with Crippen molar-refractivity contribution in [2.45, 2.75) is 43.7 Å². The van der Waals surface area contributed by atoms with Gasteiger partial charge in [0.15, 0.2) is 5.96 Å². The van der Waals surface area contributed by atoms with Gasteiger partial charge in [0, 0.05) is 12.1 Å². The molecule has 0 saturated carbocycles. The molecule has 11 nitrogen and oxygen atoms in total. The number of guanidine groups is 1. The van der Waals surface area contributed by atoms with E-state index in [1.807, 2.05) is 49.4 Å². The third-order valence-electron chi connectivity index (χ3n) is 7.01. The third kappa shape index (κ3) is 8.40. The quantitative estimate of drug-likeness (QED) is 0.0861. The fraction of sp³-hybridized carbons (Fsp3) is 0.258. The van der Waals surface area contributed by atoms with Crippen molar-refractivity contribution in [2.24, 2.45) is 27.9 Å². The van der Waals surface area contributed by atoms with Crippen molar-refractivity contribution in [2.75, 3.05) is 6.54 Å². The van der Waals surface area contributed by atoms with Gasteiger partial charge in [0.2, 0.25) is 17.7 Å². The minimum Gasteiger partial charge on any atom is -0.384 e. The molecular formula is C31H38N8O3. The maximum absolute atomic E-state index is 14.2. The second-order valence-corrected chi connectivity index (χ2v) is 10.2. The van der Waals surface area contributed by atoms with Crippen LogP contribution < -0.4 is 33.6 Å². The molecule has 0 saturated heterocycles. The van der Waals surface area contributed by atoms with E-state index in [4.69, 9.17) is 28.3 Å². The minimum absolute atomic E-state index is 0.0488. The molecule has 0 unspecified atom stereocenters. The van der Waals surface area contributed by atoms with Crippen LogP contribution >= 0.6 is 0 Å². The Hall–Kier alpha value is -5.19. The monoisotopic (exact) mass is 570 g/mol. The average molecular weight is 571 g/mol. The highest BCUT2D eigenvalue weighted by Crippen LogP contribution is 2.30. The van der Waals surface area contributed by atoms with Crippen molar-refractivity contribution in [1.29, 1.82) is 5.41 Å². The molecule has 3 aromatic rings. The van der Waals surface area contributed by atoms with Crippen LogP contribution in [0.1, 0.15) is 48.1 Å². The first-order valence-corrected chi connectivity index (χ1v) is 13.5. The molecule has 0 fully saturated rings. The summed E-state index contributed by atoms with van der Waals surface area (Å²) in [5.41, 5.74) is 23.5. The maximum atomic E-state index is 14.2. The van der Waals surface area contributed by atoms with Gasteiger partial charge in [-0.05, 0) is 42.9 Å². The standard InChI is InChI=1S/C31H38N8O3/c1-31(23-11-6-3-7-12-23,19-20-14-16-22(17-15-20)26(32)33)29(42)39-25(21-9-4-2-5-10-21)28(41)38-24(27(34)40)13-8-18-37-30(35)36/h2-7,9-12,14-17,24-25H,8,13,18-19H2,1H3,(H3,32,33)(H2,34,40)(H,38,41)(H,39,42)(H4,35,36,37)/t24-,25-,31-/m0/s1. The number of aliphatic imine (C=N–C) groups is 1. The second-order valence-electron chi connectivity index (χ2n) is 10.2. The Balaban J connectivity index is 1.91. The van der Waals surface area contributed by atoms with Gasteiger partial charge >= 0.3 is 0 Å². The Morgan fingerprint density at radius 2 is 1.45 bits per heavy atom. The number of benzene rings is 3. The Morgan fingerprint density at radius 3 is 2.00 bits per heavy atom. The van der Waals surface area contributed by atoms with Crippen LogP contribution in [0.15, 0.2) is 89.9 Å². The van der Waals surface area contributed by atoms with Gasteiger partial charge < -0.3 is 33.6 Å². The molecule has 0 radical (unpaired) electrons. The molecule has 11 N–H and O–H groups in total. The summed E-state index contributed by atoms with van der Waals surface area (Å²) in [7, 11) is 0. The number of carbonyl (C=O) groups is 3. The normalized spacial score (nSPS) is 13.5. The van der Waals surface area contributed by atoms with Crippen molar-refractivity contribution in [3.8, 4) is 0 Å². The average Bonchev–Trinajstić information content (AvgIpc) is 2.98. The van der Waals surface area contributed by atoms with Gasteiger partial charge in [-0.15, -0.1) is 0 Å². The topological polar surface area (TPSA) is 216 Å². The lowest BCUT2D eigenvalue weighted by Crippen LogP contribution is -2.52. The van der Waals surface area contributed by atoms with Crippen LogP contribution in [0.5, 0.6) is 0 Å². The zero-order valence-electron chi connectivity index (χ0n) is 23.5. The highest BCUT2D eigenvalue weighted by Gasteiger charge is 2.38. The van der Waals surface area contributed by atoms with E-state index in [0.29, 0.717) is 24.0 Å². The predicted octanol–water partition coefficient (Wildman–Crippen LogP) is 1.35. The molecule has 0 aromatic heterocycles. The largest absolute Gasteiger partial charge is 0.384 e. The van der Waals surface area contributed by atoms with Gasteiger partial charge in [-0.25, -0.2) is 0 Å². The lowest BCUT2D eigenvalue weighted by atomic mass is 9.76. The second kappa shape index (κ2) is 14.4. The van der Waals surface area contributed by atoms with Crippen molar-refractivity contribution < 1.29 is 14.4 Å². The lowest BCUT2D eigenvalue weighted by Gasteiger charge is -2.32. The van der Waals surface area contributed by atoms with E-state index in [1.165, 1.54) is 0 Å². The first-order chi connectivity index (χ1) is 20.0. The summed E-state index contributed by atoms with van der Waals surface area (Å²) in [5, 5.41) is 13.3. The number of rotatable bonds is 14. The van der Waals surface area contributed by atoms with Crippen molar-refractivity contribution in [3.63, 3.8) is 0 Å². The zero-order chi connectivity index (χ0) is 30.7. The molecule has 0 spiro atoms. The molecule has 3 rings (SSSR count). The number of hydrogen-bond donors (Lipinski definition) is 7. The van der Waals surface area contributed by atoms with Gasteiger partial charge in [0.25, 0.3) is 0 Å². The Labute approximate surface area is 245 Å². The fourth-order valence-corrected chi connectivity index (χ4v) is 4.61. The molecule has 0 aliphatic rings. The number of amidine groups is 1. The SMILES string of the molecule is C[C@@](Cc1ccc(C(=N)N)cc1)(C(=O)N[C@H](C(=O)N[C@@H](CCCN=C(N)N)C(N)=O)c1ccccc1)c1ccccc1. The minimum atomic E-state index is -1.11. The van der Waals surface area contributed by atoms with Gasteiger partial charge in [-0.1, -0.05) is 84.9 Å². The molecule has 0 bridgehead atoms. The molecule has 3 amide bonds. The summed E-state index contributed by atoms with van der Waals surface area (Å²) in [6.45, 7) is 2.08. The molecule has 3 atom stereocenters.